The molecule has 0 saturated heterocycles. The summed E-state index contributed by atoms with van der Waals surface area (Å²) in [5.74, 6) is 1.64. The van der Waals surface area contributed by atoms with Crippen LogP contribution in [0, 0.1) is 0 Å². The van der Waals surface area contributed by atoms with Crippen molar-refractivity contribution in [3.63, 3.8) is 0 Å². The molecule has 2 nitrogen and oxygen atoms in total. The zero-order valence-corrected chi connectivity index (χ0v) is 8.39. The summed E-state index contributed by atoms with van der Waals surface area (Å²) in [4.78, 5) is 0. The molecule has 0 aromatic carbocycles. The van der Waals surface area contributed by atoms with Gasteiger partial charge in [-0.3, -0.25) is 0 Å². The SMILES string of the molecule is CC=C(OCC)C(=CCC)OC. The molecule has 0 rings (SSSR count). The summed E-state index contributed by atoms with van der Waals surface area (Å²) in [5.41, 5.74) is 0. The number of allylic oxidation sites excluding steroid dienone is 2. The van der Waals surface area contributed by atoms with Crippen molar-refractivity contribution in [3.8, 4) is 0 Å². The second-order valence-electron chi connectivity index (χ2n) is 2.27. The molecule has 0 unspecified atom stereocenters. The molecule has 0 amide bonds. The fourth-order valence-corrected chi connectivity index (χ4v) is 0.922. The number of methoxy groups -OCH3 is 1. The molecular formula is C10H18O2. The summed E-state index contributed by atoms with van der Waals surface area (Å²) < 4.78 is 10.5. The Bertz CT molecular complexity index is 169. The molecule has 0 aliphatic heterocycles. The summed E-state index contributed by atoms with van der Waals surface area (Å²) in [5, 5.41) is 0. The van der Waals surface area contributed by atoms with Crippen molar-refractivity contribution < 1.29 is 9.47 Å². The van der Waals surface area contributed by atoms with Gasteiger partial charge >= 0.3 is 0 Å². The second-order valence-corrected chi connectivity index (χ2v) is 2.27. The molecule has 0 bridgehead atoms. The lowest BCUT2D eigenvalue weighted by Crippen LogP contribution is -1.97. The Morgan fingerprint density at radius 3 is 2.25 bits per heavy atom. The topological polar surface area (TPSA) is 18.5 Å². The molecule has 0 aliphatic rings. The maximum absolute atomic E-state index is 5.36. The summed E-state index contributed by atoms with van der Waals surface area (Å²) in [7, 11) is 1.66. The standard InChI is InChI=1S/C10H18O2/c1-5-8-10(11-4)9(6-2)12-7-3/h6,8H,5,7H2,1-4H3. The maximum atomic E-state index is 5.36. The highest BCUT2D eigenvalue weighted by Gasteiger charge is 2.02. The smallest absolute Gasteiger partial charge is 0.156 e. The van der Waals surface area contributed by atoms with Crippen LogP contribution in [0.5, 0.6) is 0 Å². The van der Waals surface area contributed by atoms with Crippen LogP contribution in [0.2, 0.25) is 0 Å². The minimum atomic E-state index is 0.671. The van der Waals surface area contributed by atoms with E-state index < -0.39 is 0 Å². The average Bonchev–Trinajstić information content (AvgIpc) is 2.11. The molecule has 0 N–H and O–H groups in total. The molecule has 2 heteroatoms. The van der Waals surface area contributed by atoms with Crippen LogP contribution in [0.25, 0.3) is 0 Å². The molecule has 0 spiro atoms. The van der Waals surface area contributed by atoms with E-state index in [4.69, 9.17) is 9.47 Å². The Kier molecular flexibility index (Phi) is 6.25. The van der Waals surface area contributed by atoms with Crippen molar-refractivity contribution in [2.45, 2.75) is 27.2 Å². The highest BCUT2D eigenvalue weighted by Crippen LogP contribution is 2.12. The van der Waals surface area contributed by atoms with Crippen LogP contribution < -0.4 is 0 Å². The fraction of sp³-hybridized carbons (Fsp3) is 0.600. The van der Waals surface area contributed by atoms with Crippen molar-refractivity contribution in [1.29, 1.82) is 0 Å². The monoisotopic (exact) mass is 170 g/mol. The van der Waals surface area contributed by atoms with Crippen molar-refractivity contribution in [2.24, 2.45) is 0 Å². The second kappa shape index (κ2) is 6.77. The van der Waals surface area contributed by atoms with Crippen LogP contribution in [0.3, 0.4) is 0 Å². The minimum absolute atomic E-state index is 0.671. The van der Waals surface area contributed by atoms with E-state index in [1.165, 1.54) is 0 Å². The first-order chi connectivity index (χ1) is 5.79. The van der Waals surface area contributed by atoms with E-state index in [0.29, 0.717) is 6.61 Å². The van der Waals surface area contributed by atoms with Gasteiger partial charge in [-0.25, -0.2) is 0 Å². The highest BCUT2D eigenvalue weighted by molar-refractivity contribution is 5.19. The Morgan fingerprint density at radius 1 is 1.25 bits per heavy atom. The summed E-state index contributed by atoms with van der Waals surface area (Å²) in [6, 6.07) is 0. The Balaban J connectivity index is 4.35. The third-order valence-corrected chi connectivity index (χ3v) is 1.41. The minimum Gasteiger partial charge on any atom is -0.493 e. The molecule has 0 aromatic rings. The molecule has 0 radical (unpaired) electrons. The molecule has 70 valence electrons. The zero-order valence-electron chi connectivity index (χ0n) is 8.39. The highest BCUT2D eigenvalue weighted by atomic mass is 16.5. The third-order valence-electron chi connectivity index (χ3n) is 1.41. The van der Waals surface area contributed by atoms with Gasteiger partial charge in [-0.15, -0.1) is 0 Å². The first-order valence-corrected chi connectivity index (χ1v) is 4.33. The quantitative estimate of drug-likeness (QED) is 0.466. The van der Waals surface area contributed by atoms with Gasteiger partial charge in [-0.1, -0.05) is 6.92 Å². The van der Waals surface area contributed by atoms with Gasteiger partial charge < -0.3 is 9.47 Å². The largest absolute Gasteiger partial charge is 0.493 e. The van der Waals surface area contributed by atoms with E-state index in [-0.39, 0.29) is 0 Å². The number of rotatable bonds is 5. The summed E-state index contributed by atoms with van der Waals surface area (Å²) in [6.45, 7) is 6.64. The van der Waals surface area contributed by atoms with E-state index in [1.807, 2.05) is 26.0 Å². The first kappa shape index (κ1) is 11.1. The van der Waals surface area contributed by atoms with Crippen molar-refractivity contribution in [2.75, 3.05) is 13.7 Å². The van der Waals surface area contributed by atoms with Crippen molar-refractivity contribution >= 4 is 0 Å². The van der Waals surface area contributed by atoms with E-state index in [0.717, 1.165) is 17.9 Å². The third kappa shape index (κ3) is 3.46. The normalized spacial score (nSPS) is 13.0. The molecule has 0 aromatic heterocycles. The van der Waals surface area contributed by atoms with Gasteiger partial charge in [0.05, 0.1) is 13.7 Å². The molecule has 0 heterocycles. The van der Waals surface area contributed by atoms with Crippen molar-refractivity contribution in [1.82, 2.24) is 0 Å². The number of ether oxygens (including phenoxy) is 2. The van der Waals surface area contributed by atoms with Gasteiger partial charge in [0, 0.05) is 0 Å². The maximum Gasteiger partial charge on any atom is 0.156 e. The fourth-order valence-electron chi connectivity index (χ4n) is 0.922. The van der Waals surface area contributed by atoms with Gasteiger partial charge in [0.1, 0.15) is 0 Å². The molecule has 0 saturated carbocycles. The number of hydrogen-bond donors (Lipinski definition) is 0. The van der Waals surface area contributed by atoms with E-state index in [1.54, 1.807) is 7.11 Å². The molecule has 0 fully saturated rings. The Hall–Kier alpha value is -0.920. The van der Waals surface area contributed by atoms with Crippen LogP contribution in [0.1, 0.15) is 27.2 Å². The molecule has 0 atom stereocenters. The predicted octanol–water partition coefficient (Wildman–Crippen LogP) is 2.87. The molecular weight excluding hydrogens is 152 g/mol. The predicted molar refractivity (Wildman–Crippen MR) is 50.8 cm³/mol. The lowest BCUT2D eigenvalue weighted by molar-refractivity contribution is 0.186. The van der Waals surface area contributed by atoms with Crippen LogP contribution in [-0.4, -0.2) is 13.7 Å². The van der Waals surface area contributed by atoms with E-state index in [9.17, 15) is 0 Å². The van der Waals surface area contributed by atoms with Gasteiger partial charge in [-0.2, -0.15) is 0 Å². The van der Waals surface area contributed by atoms with Crippen LogP contribution in [0.15, 0.2) is 23.7 Å². The zero-order chi connectivity index (χ0) is 9.40. The average molecular weight is 170 g/mol. The first-order valence-electron chi connectivity index (χ1n) is 4.33. The summed E-state index contributed by atoms with van der Waals surface area (Å²) in [6.07, 6.45) is 4.87. The van der Waals surface area contributed by atoms with Gasteiger partial charge in [0.15, 0.2) is 11.5 Å². The Labute approximate surface area is 74.9 Å². The van der Waals surface area contributed by atoms with Gasteiger partial charge in [0.25, 0.3) is 0 Å². The summed E-state index contributed by atoms with van der Waals surface area (Å²) >= 11 is 0. The van der Waals surface area contributed by atoms with Crippen LogP contribution in [-0.2, 0) is 9.47 Å². The van der Waals surface area contributed by atoms with Gasteiger partial charge in [0.2, 0.25) is 0 Å². The molecule has 0 aliphatic carbocycles. The van der Waals surface area contributed by atoms with Gasteiger partial charge in [-0.05, 0) is 32.4 Å². The number of hydrogen-bond acceptors (Lipinski definition) is 2. The van der Waals surface area contributed by atoms with Crippen molar-refractivity contribution in [3.05, 3.63) is 23.7 Å². The molecule has 12 heavy (non-hydrogen) atoms. The lowest BCUT2D eigenvalue weighted by Gasteiger charge is -2.10. The van der Waals surface area contributed by atoms with E-state index >= 15 is 0 Å². The lowest BCUT2D eigenvalue weighted by atomic mass is 10.3. The van der Waals surface area contributed by atoms with Crippen LogP contribution in [0.4, 0.5) is 0 Å². The van der Waals surface area contributed by atoms with E-state index in [2.05, 4.69) is 6.92 Å². The Morgan fingerprint density at radius 2 is 1.92 bits per heavy atom. The van der Waals surface area contributed by atoms with Crippen LogP contribution >= 0.6 is 0 Å².